The van der Waals surface area contributed by atoms with Crippen LogP contribution in [0.5, 0.6) is 0 Å². The van der Waals surface area contributed by atoms with Crippen molar-refractivity contribution in [3.8, 4) is 0 Å². The number of carbonyl (C=O) groups excluding carboxylic acids is 3. The summed E-state index contributed by atoms with van der Waals surface area (Å²) in [7, 11) is 0. The van der Waals surface area contributed by atoms with Gasteiger partial charge in [0.15, 0.2) is 0 Å². The van der Waals surface area contributed by atoms with Gasteiger partial charge in [0.05, 0.1) is 18.7 Å². The van der Waals surface area contributed by atoms with Crippen LogP contribution in [0.2, 0.25) is 0 Å². The summed E-state index contributed by atoms with van der Waals surface area (Å²) in [4.78, 5) is 42.2. The molecule has 0 bridgehead atoms. The Balaban J connectivity index is 1.40. The van der Waals surface area contributed by atoms with Crippen LogP contribution < -0.4 is 4.90 Å². The molecule has 7 nitrogen and oxygen atoms in total. The summed E-state index contributed by atoms with van der Waals surface area (Å²) in [5, 5.41) is 0. The molecule has 0 radical (unpaired) electrons. The van der Waals surface area contributed by atoms with Gasteiger partial charge < -0.3 is 19.4 Å². The lowest BCUT2D eigenvalue weighted by Crippen LogP contribution is -2.55. The average molecular weight is 385 g/mol. The second-order valence-electron chi connectivity index (χ2n) is 7.94. The highest BCUT2D eigenvalue weighted by Crippen LogP contribution is 2.32. The Kier molecular flexibility index (Phi) is 5.35. The van der Waals surface area contributed by atoms with Gasteiger partial charge in [-0.2, -0.15) is 0 Å². The Morgan fingerprint density at radius 2 is 1.82 bits per heavy atom. The van der Waals surface area contributed by atoms with Crippen molar-refractivity contribution in [3.05, 3.63) is 30.3 Å². The quantitative estimate of drug-likeness (QED) is 0.789. The lowest BCUT2D eigenvalue weighted by Gasteiger charge is -2.42. The summed E-state index contributed by atoms with van der Waals surface area (Å²) in [5.74, 6) is 0.0629. The van der Waals surface area contributed by atoms with Gasteiger partial charge >= 0.3 is 0 Å². The summed E-state index contributed by atoms with van der Waals surface area (Å²) in [6, 6.07) is 9.67. The lowest BCUT2D eigenvalue weighted by atomic mass is 9.92. The van der Waals surface area contributed by atoms with Gasteiger partial charge in [0.1, 0.15) is 6.61 Å². The number of morpholine rings is 1. The predicted octanol–water partition coefficient (Wildman–Crippen LogP) is 1.42. The highest BCUT2D eigenvalue weighted by Gasteiger charge is 2.42. The first kappa shape index (κ1) is 18.9. The van der Waals surface area contributed by atoms with Crippen molar-refractivity contribution >= 4 is 23.4 Å². The van der Waals surface area contributed by atoms with Crippen molar-refractivity contribution in [3.63, 3.8) is 0 Å². The lowest BCUT2D eigenvalue weighted by molar-refractivity contribution is -0.141. The van der Waals surface area contributed by atoms with E-state index in [2.05, 4.69) is 0 Å². The fourth-order valence-electron chi connectivity index (χ4n) is 4.41. The summed E-state index contributed by atoms with van der Waals surface area (Å²) >= 11 is 0. The van der Waals surface area contributed by atoms with E-state index in [1.165, 1.54) is 0 Å². The molecule has 3 fully saturated rings. The molecule has 1 aromatic carbocycles. The van der Waals surface area contributed by atoms with Crippen LogP contribution in [-0.2, 0) is 19.1 Å². The van der Waals surface area contributed by atoms with Gasteiger partial charge in [0.2, 0.25) is 11.8 Å². The molecule has 3 aliphatic rings. The molecule has 1 aromatic rings. The van der Waals surface area contributed by atoms with E-state index >= 15 is 0 Å². The van der Waals surface area contributed by atoms with Gasteiger partial charge in [0.25, 0.3) is 5.91 Å². The third-order valence-electron chi connectivity index (χ3n) is 6.06. The molecule has 3 amide bonds. The van der Waals surface area contributed by atoms with Crippen LogP contribution in [0.4, 0.5) is 5.69 Å². The molecule has 0 aromatic heterocycles. The van der Waals surface area contributed by atoms with E-state index in [-0.39, 0.29) is 30.9 Å². The number of ether oxygens (including phenoxy) is 1. The number of amides is 3. The maximum Gasteiger partial charge on any atom is 0.253 e. The number of benzene rings is 1. The second-order valence-corrected chi connectivity index (χ2v) is 7.94. The molecule has 3 heterocycles. The molecule has 4 rings (SSSR count). The van der Waals surface area contributed by atoms with Gasteiger partial charge in [-0.25, -0.2) is 0 Å². The molecule has 1 atom stereocenters. The van der Waals surface area contributed by atoms with Crippen molar-refractivity contribution in [1.29, 1.82) is 0 Å². The third-order valence-corrected chi connectivity index (χ3v) is 6.06. The van der Waals surface area contributed by atoms with Crippen LogP contribution in [0.25, 0.3) is 0 Å². The first-order valence-electron chi connectivity index (χ1n) is 10.1. The minimum Gasteiger partial charge on any atom is -0.363 e. The average Bonchev–Trinajstić information content (AvgIpc) is 2.99. The van der Waals surface area contributed by atoms with Crippen LogP contribution in [0.15, 0.2) is 30.3 Å². The number of nitrogens with zero attached hydrogens (tertiary/aromatic N) is 3. The first-order valence-corrected chi connectivity index (χ1v) is 10.1. The Morgan fingerprint density at radius 3 is 2.57 bits per heavy atom. The maximum absolute atomic E-state index is 12.7. The second kappa shape index (κ2) is 7.91. The fraction of sp³-hybridized carbons (Fsp3) is 0.571. The highest BCUT2D eigenvalue weighted by molar-refractivity contribution is 5.95. The predicted molar refractivity (Wildman–Crippen MR) is 104 cm³/mol. The number of hydrogen-bond donors (Lipinski definition) is 0. The van der Waals surface area contributed by atoms with Gasteiger partial charge in [-0.05, 0) is 37.8 Å². The smallest absolute Gasteiger partial charge is 0.253 e. The number of rotatable bonds is 3. The standard InChI is InChI=1S/C21H27N3O4/c25-18-8-4-11-23(18)14-19(26)22-12-5-9-21(10-13-22)16-24(20(27)15-28-21)17-6-2-1-3-7-17/h1-3,6-7H,4-5,8-16H2. The monoisotopic (exact) mass is 385 g/mol. The molecule has 1 spiro atoms. The van der Waals surface area contributed by atoms with E-state index in [0.717, 1.165) is 24.9 Å². The molecule has 3 saturated heterocycles. The molecule has 0 aliphatic carbocycles. The molecule has 1 unspecified atom stereocenters. The third kappa shape index (κ3) is 3.90. The minimum atomic E-state index is -0.414. The Labute approximate surface area is 165 Å². The van der Waals surface area contributed by atoms with Crippen LogP contribution in [-0.4, -0.2) is 72.5 Å². The van der Waals surface area contributed by atoms with Crippen molar-refractivity contribution < 1.29 is 19.1 Å². The van der Waals surface area contributed by atoms with Gasteiger partial charge in [-0.3, -0.25) is 14.4 Å². The topological polar surface area (TPSA) is 70.2 Å². The molecule has 0 saturated carbocycles. The molecule has 150 valence electrons. The number of hydrogen-bond acceptors (Lipinski definition) is 4. The van der Waals surface area contributed by atoms with Crippen molar-refractivity contribution in [2.45, 2.75) is 37.7 Å². The van der Waals surface area contributed by atoms with Crippen LogP contribution in [0.1, 0.15) is 32.1 Å². The largest absolute Gasteiger partial charge is 0.363 e. The summed E-state index contributed by atoms with van der Waals surface area (Å²) in [6.45, 7) is 2.72. The summed E-state index contributed by atoms with van der Waals surface area (Å²) in [6.07, 6.45) is 3.73. The van der Waals surface area contributed by atoms with Crippen molar-refractivity contribution in [2.75, 3.05) is 44.2 Å². The van der Waals surface area contributed by atoms with Gasteiger partial charge in [-0.15, -0.1) is 0 Å². The van der Waals surface area contributed by atoms with Crippen LogP contribution in [0.3, 0.4) is 0 Å². The summed E-state index contributed by atoms with van der Waals surface area (Å²) in [5.41, 5.74) is 0.474. The van der Waals surface area contributed by atoms with E-state index in [1.807, 2.05) is 40.1 Å². The maximum atomic E-state index is 12.7. The van der Waals surface area contributed by atoms with Gasteiger partial charge in [0, 0.05) is 31.7 Å². The molecular weight excluding hydrogens is 358 g/mol. The van der Waals surface area contributed by atoms with Crippen LogP contribution >= 0.6 is 0 Å². The highest BCUT2D eigenvalue weighted by atomic mass is 16.5. The fourth-order valence-corrected chi connectivity index (χ4v) is 4.41. The SMILES string of the molecule is O=C(CN1CCCC1=O)N1CCCC2(CC1)CN(c1ccccc1)C(=O)CO2. The molecular formula is C21H27N3O4. The first-order chi connectivity index (χ1) is 13.6. The molecule has 28 heavy (non-hydrogen) atoms. The van der Waals surface area contributed by atoms with E-state index in [4.69, 9.17) is 4.74 Å². The van der Waals surface area contributed by atoms with E-state index in [0.29, 0.717) is 39.0 Å². The molecule has 7 heteroatoms. The number of carbonyl (C=O) groups is 3. The summed E-state index contributed by atoms with van der Waals surface area (Å²) < 4.78 is 6.04. The normalized spacial score (nSPS) is 26.1. The zero-order valence-electron chi connectivity index (χ0n) is 16.1. The van der Waals surface area contributed by atoms with Crippen molar-refractivity contribution in [1.82, 2.24) is 9.80 Å². The number of likely N-dealkylation sites (tertiary alicyclic amines) is 2. The van der Waals surface area contributed by atoms with E-state index in [1.54, 1.807) is 4.90 Å². The molecule has 3 aliphatic heterocycles. The zero-order valence-corrected chi connectivity index (χ0v) is 16.1. The van der Waals surface area contributed by atoms with Crippen molar-refractivity contribution in [2.24, 2.45) is 0 Å². The van der Waals surface area contributed by atoms with Crippen LogP contribution in [0, 0.1) is 0 Å². The Morgan fingerprint density at radius 1 is 1.00 bits per heavy atom. The van der Waals surface area contributed by atoms with E-state index < -0.39 is 5.60 Å². The Hall–Kier alpha value is -2.41. The number of para-hydroxylation sites is 1. The minimum absolute atomic E-state index is 0.0131. The molecule has 0 N–H and O–H groups in total. The Bertz CT molecular complexity index is 753. The number of anilines is 1. The van der Waals surface area contributed by atoms with Gasteiger partial charge in [-0.1, -0.05) is 18.2 Å². The van der Waals surface area contributed by atoms with E-state index in [9.17, 15) is 14.4 Å². The zero-order chi connectivity index (χ0) is 19.6.